The predicted molar refractivity (Wildman–Crippen MR) is 101 cm³/mol. The molecule has 2 aromatic rings. The lowest BCUT2D eigenvalue weighted by Crippen LogP contribution is -2.52. The van der Waals surface area contributed by atoms with E-state index in [2.05, 4.69) is 22.5 Å². The Morgan fingerprint density at radius 1 is 1.19 bits per heavy atom. The highest BCUT2D eigenvalue weighted by atomic mass is 16.2. The van der Waals surface area contributed by atoms with Crippen molar-refractivity contribution in [1.29, 1.82) is 0 Å². The van der Waals surface area contributed by atoms with E-state index in [0.717, 1.165) is 43.3 Å². The molecular formula is C19H27N5O2. The average molecular weight is 357 g/mol. The molecule has 140 valence electrons. The van der Waals surface area contributed by atoms with Crippen LogP contribution in [0.3, 0.4) is 0 Å². The fraction of sp³-hybridized carbons (Fsp3) is 0.579. The minimum Gasteiger partial charge on any atom is -0.335 e. The van der Waals surface area contributed by atoms with E-state index in [1.165, 1.54) is 0 Å². The first kappa shape index (κ1) is 17.1. The second-order valence-corrected chi connectivity index (χ2v) is 7.56. The van der Waals surface area contributed by atoms with Gasteiger partial charge in [-0.3, -0.25) is 4.57 Å². The minimum absolute atomic E-state index is 0.0359. The van der Waals surface area contributed by atoms with Crippen LogP contribution in [0.25, 0.3) is 11.0 Å². The summed E-state index contributed by atoms with van der Waals surface area (Å²) in [6, 6.07) is 8.67. The van der Waals surface area contributed by atoms with Gasteiger partial charge < -0.3 is 20.5 Å². The molecule has 2 amide bonds. The molecule has 2 aliphatic rings. The van der Waals surface area contributed by atoms with E-state index in [0.29, 0.717) is 19.1 Å². The summed E-state index contributed by atoms with van der Waals surface area (Å²) in [7, 11) is 0. The van der Waals surface area contributed by atoms with Crippen molar-refractivity contribution < 1.29 is 4.79 Å². The Morgan fingerprint density at radius 3 is 2.73 bits per heavy atom. The number of hydrogen-bond acceptors (Lipinski definition) is 3. The Bertz CT molecular complexity index is 834. The zero-order valence-corrected chi connectivity index (χ0v) is 15.2. The molecule has 26 heavy (non-hydrogen) atoms. The van der Waals surface area contributed by atoms with Gasteiger partial charge in [0, 0.05) is 31.2 Å². The van der Waals surface area contributed by atoms with Crippen LogP contribution in [0.15, 0.2) is 29.1 Å². The first-order valence-corrected chi connectivity index (χ1v) is 9.60. The number of aromatic amines is 1. The lowest BCUT2D eigenvalue weighted by Gasteiger charge is -2.35. The standard InChI is InChI=1S/C19H27N5O2/c1-13-12-14(6-9-20-13)21-18(25)23-10-7-15(8-11-23)24-17-5-3-2-4-16(17)22-19(24)26/h2-5,13-15,20H,6-12H2,1H3,(H,21,25)(H,22,26). The summed E-state index contributed by atoms with van der Waals surface area (Å²) < 4.78 is 1.86. The lowest BCUT2D eigenvalue weighted by molar-refractivity contribution is 0.165. The van der Waals surface area contributed by atoms with Crippen LogP contribution < -0.4 is 16.3 Å². The molecule has 0 radical (unpaired) electrons. The minimum atomic E-state index is -0.0576. The molecule has 7 nitrogen and oxygen atoms in total. The maximum absolute atomic E-state index is 12.6. The number of aromatic nitrogens is 2. The highest BCUT2D eigenvalue weighted by Gasteiger charge is 2.28. The largest absolute Gasteiger partial charge is 0.335 e. The molecule has 0 aliphatic carbocycles. The first-order valence-electron chi connectivity index (χ1n) is 9.60. The molecule has 3 heterocycles. The topological polar surface area (TPSA) is 82.2 Å². The number of carbonyl (C=O) groups excluding carboxylic acids is 1. The van der Waals surface area contributed by atoms with Gasteiger partial charge >= 0.3 is 11.7 Å². The first-order chi connectivity index (χ1) is 12.6. The Balaban J connectivity index is 1.38. The van der Waals surface area contributed by atoms with Crippen LogP contribution in [-0.2, 0) is 0 Å². The Kier molecular flexibility index (Phi) is 4.72. The Labute approximate surface area is 152 Å². The fourth-order valence-electron chi connectivity index (χ4n) is 4.29. The van der Waals surface area contributed by atoms with E-state index < -0.39 is 0 Å². The van der Waals surface area contributed by atoms with E-state index >= 15 is 0 Å². The smallest absolute Gasteiger partial charge is 0.326 e. The van der Waals surface area contributed by atoms with E-state index in [9.17, 15) is 9.59 Å². The van der Waals surface area contributed by atoms with Crippen LogP contribution in [0.5, 0.6) is 0 Å². The number of para-hydroxylation sites is 2. The van der Waals surface area contributed by atoms with Gasteiger partial charge in [0.05, 0.1) is 11.0 Å². The number of hydrogen-bond donors (Lipinski definition) is 3. The molecule has 4 rings (SSSR count). The van der Waals surface area contributed by atoms with Crippen molar-refractivity contribution in [1.82, 2.24) is 25.1 Å². The van der Waals surface area contributed by atoms with Crippen molar-refractivity contribution in [2.24, 2.45) is 0 Å². The number of imidazole rings is 1. The van der Waals surface area contributed by atoms with Crippen molar-refractivity contribution in [2.75, 3.05) is 19.6 Å². The number of H-pyrrole nitrogens is 1. The van der Waals surface area contributed by atoms with E-state index in [-0.39, 0.29) is 23.8 Å². The summed E-state index contributed by atoms with van der Waals surface area (Å²) in [6.07, 6.45) is 3.57. The van der Waals surface area contributed by atoms with Crippen LogP contribution in [0.1, 0.15) is 38.6 Å². The number of nitrogens with zero attached hydrogens (tertiary/aromatic N) is 2. The maximum Gasteiger partial charge on any atom is 0.326 e. The van der Waals surface area contributed by atoms with Gasteiger partial charge in [-0.05, 0) is 51.3 Å². The van der Waals surface area contributed by atoms with Gasteiger partial charge in [-0.15, -0.1) is 0 Å². The van der Waals surface area contributed by atoms with Gasteiger partial charge in [-0.25, -0.2) is 9.59 Å². The number of fused-ring (bicyclic) bond motifs is 1. The molecule has 1 aromatic carbocycles. The van der Waals surface area contributed by atoms with Gasteiger partial charge in [-0.1, -0.05) is 12.1 Å². The fourth-order valence-corrected chi connectivity index (χ4v) is 4.29. The molecule has 0 saturated carbocycles. The SMILES string of the molecule is CC1CC(NC(=O)N2CCC(n3c(=O)[nH]c4ccccc43)CC2)CCN1. The molecule has 0 spiro atoms. The molecule has 7 heteroatoms. The van der Waals surface area contributed by atoms with Gasteiger partial charge in [-0.2, -0.15) is 0 Å². The van der Waals surface area contributed by atoms with Crippen LogP contribution >= 0.6 is 0 Å². The third-order valence-electron chi connectivity index (χ3n) is 5.69. The van der Waals surface area contributed by atoms with Crippen LogP contribution in [0.4, 0.5) is 4.79 Å². The zero-order chi connectivity index (χ0) is 18.1. The average Bonchev–Trinajstić information content (AvgIpc) is 2.97. The summed E-state index contributed by atoms with van der Waals surface area (Å²) in [6.45, 7) is 4.48. The van der Waals surface area contributed by atoms with Gasteiger partial charge in [0.25, 0.3) is 0 Å². The van der Waals surface area contributed by atoms with Crippen LogP contribution in [0, 0.1) is 0 Å². The van der Waals surface area contributed by atoms with E-state index in [4.69, 9.17) is 0 Å². The second kappa shape index (κ2) is 7.15. The quantitative estimate of drug-likeness (QED) is 0.767. The highest BCUT2D eigenvalue weighted by Crippen LogP contribution is 2.25. The monoisotopic (exact) mass is 357 g/mol. The molecule has 2 fully saturated rings. The van der Waals surface area contributed by atoms with Gasteiger partial charge in [0.15, 0.2) is 0 Å². The molecule has 1 aromatic heterocycles. The summed E-state index contributed by atoms with van der Waals surface area (Å²) in [5.74, 6) is 0. The maximum atomic E-state index is 12.6. The number of carbonyl (C=O) groups is 1. The number of rotatable bonds is 2. The van der Waals surface area contributed by atoms with Crippen molar-refractivity contribution in [3.8, 4) is 0 Å². The second-order valence-electron chi connectivity index (χ2n) is 7.56. The Morgan fingerprint density at radius 2 is 1.96 bits per heavy atom. The predicted octanol–water partition coefficient (Wildman–Crippen LogP) is 1.82. The van der Waals surface area contributed by atoms with Crippen LogP contribution in [-0.4, -0.2) is 52.2 Å². The molecule has 2 saturated heterocycles. The highest BCUT2D eigenvalue weighted by molar-refractivity contribution is 5.75. The Hall–Kier alpha value is -2.28. The van der Waals surface area contributed by atoms with Gasteiger partial charge in [0.2, 0.25) is 0 Å². The van der Waals surface area contributed by atoms with Crippen molar-refractivity contribution in [3.05, 3.63) is 34.7 Å². The number of likely N-dealkylation sites (tertiary alicyclic amines) is 1. The number of nitrogens with one attached hydrogen (secondary N) is 3. The van der Waals surface area contributed by atoms with Crippen LogP contribution in [0.2, 0.25) is 0 Å². The third-order valence-corrected chi connectivity index (χ3v) is 5.69. The molecule has 2 unspecified atom stereocenters. The van der Waals surface area contributed by atoms with E-state index in [1.807, 2.05) is 33.7 Å². The number of benzene rings is 1. The molecule has 2 atom stereocenters. The number of piperidine rings is 2. The zero-order valence-electron chi connectivity index (χ0n) is 15.2. The lowest BCUT2D eigenvalue weighted by atomic mass is 10.0. The molecular weight excluding hydrogens is 330 g/mol. The molecule has 2 aliphatic heterocycles. The van der Waals surface area contributed by atoms with Gasteiger partial charge in [0.1, 0.15) is 0 Å². The number of amides is 2. The third kappa shape index (κ3) is 3.35. The summed E-state index contributed by atoms with van der Waals surface area (Å²) in [4.78, 5) is 29.7. The number of urea groups is 1. The van der Waals surface area contributed by atoms with Crippen molar-refractivity contribution >= 4 is 17.1 Å². The summed E-state index contributed by atoms with van der Waals surface area (Å²) >= 11 is 0. The normalized spacial score (nSPS) is 24.7. The molecule has 0 bridgehead atoms. The summed E-state index contributed by atoms with van der Waals surface area (Å²) in [5.41, 5.74) is 1.76. The molecule has 3 N–H and O–H groups in total. The van der Waals surface area contributed by atoms with Crippen molar-refractivity contribution in [3.63, 3.8) is 0 Å². The summed E-state index contributed by atoms with van der Waals surface area (Å²) in [5, 5.41) is 6.59. The van der Waals surface area contributed by atoms with E-state index in [1.54, 1.807) is 0 Å². The van der Waals surface area contributed by atoms with Crippen molar-refractivity contribution in [2.45, 2.75) is 50.7 Å².